The summed E-state index contributed by atoms with van der Waals surface area (Å²) in [5, 5.41) is 0.0890. The normalized spacial score (nSPS) is 10.1. The third-order valence-electron chi connectivity index (χ3n) is 2.37. The highest BCUT2D eigenvalue weighted by molar-refractivity contribution is 6.63. The van der Waals surface area contributed by atoms with Crippen molar-refractivity contribution >= 4 is 40.0 Å². The SMILES string of the molecule is O=C(Cl)CCCC(=O)C(=O)Cc1ccc(Cl)cc1. The Bertz CT molecular complexity index is 452. The minimum atomic E-state index is -0.493. The second kappa shape index (κ2) is 7.29. The summed E-state index contributed by atoms with van der Waals surface area (Å²) in [6.07, 6.45) is 0.546. The number of rotatable bonds is 7. The summed E-state index contributed by atoms with van der Waals surface area (Å²) in [5.41, 5.74) is 0.742. The number of carbonyl (C=O) groups excluding carboxylic acids is 3. The van der Waals surface area contributed by atoms with Crippen molar-refractivity contribution in [2.45, 2.75) is 25.7 Å². The Kier molecular flexibility index (Phi) is 6.02. The molecule has 0 spiro atoms. The lowest BCUT2D eigenvalue weighted by Crippen LogP contribution is -2.16. The van der Waals surface area contributed by atoms with Gasteiger partial charge in [-0.25, -0.2) is 0 Å². The van der Waals surface area contributed by atoms with Gasteiger partial charge in [0.05, 0.1) is 0 Å². The fourth-order valence-electron chi connectivity index (χ4n) is 1.41. The first kappa shape index (κ1) is 14.9. The number of benzene rings is 1. The molecule has 0 heterocycles. The van der Waals surface area contributed by atoms with Crippen molar-refractivity contribution in [2.75, 3.05) is 0 Å². The molecular formula is C13H12Cl2O3. The molecule has 1 aromatic carbocycles. The predicted molar refractivity (Wildman–Crippen MR) is 69.9 cm³/mol. The van der Waals surface area contributed by atoms with Crippen LogP contribution in [0.25, 0.3) is 0 Å². The summed E-state index contributed by atoms with van der Waals surface area (Å²) in [5.74, 6) is -0.929. The molecule has 0 atom stereocenters. The largest absolute Gasteiger partial charge is 0.291 e. The van der Waals surface area contributed by atoms with Gasteiger partial charge in [-0.15, -0.1) is 0 Å². The molecule has 3 nitrogen and oxygen atoms in total. The van der Waals surface area contributed by atoms with Gasteiger partial charge in [-0.3, -0.25) is 14.4 Å². The molecular weight excluding hydrogens is 275 g/mol. The number of hydrogen-bond acceptors (Lipinski definition) is 3. The second-order valence-corrected chi connectivity index (χ2v) is 4.72. The average Bonchev–Trinajstić information content (AvgIpc) is 2.31. The van der Waals surface area contributed by atoms with Crippen molar-refractivity contribution in [2.24, 2.45) is 0 Å². The molecule has 0 saturated heterocycles. The maximum absolute atomic E-state index is 11.6. The van der Waals surface area contributed by atoms with E-state index in [4.69, 9.17) is 23.2 Å². The highest BCUT2D eigenvalue weighted by Crippen LogP contribution is 2.11. The number of hydrogen-bond donors (Lipinski definition) is 0. The summed E-state index contributed by atoms with van der Waals surface area (Å²) in [7, 11) is 0. The van der Waals surface area contributed by atoms with Crippen LogP contribution >= 0.6 is 23.2 Å². The van der Waals surface area contributed by atoms with E-state index in [-0.39, 0.29) is 19.3 Å². The minimum Gasteiger partial charge on any atom is -0.291 e. The fraction of sp³-hybridized carbons (Fsp3) is 0.308. The predicted octanol–water partition coefficient (Wildman–Crippen LogP) is 2.96. The number of carbonyl (C=O) groups is 3. The van der Waals surface area contributed by atoms with E-state index in [0.29, 0.717) is 11.4 Å². The Labute approximate surface area is 115 Å². The standard InChI is InChI=1S/C13H12Cl2O3/c14-10-6-4-9(5-7-10)8-12(17)11(16)2-1-3-13(15)18/h4-7H,1-3,8H2. The summed E-state index contributed by atoms with van der Waals surface area (Å²) in [4.78, 5) is 33.5. The van der Waals surface area contributed by atoms with Crippen LogP contribution in [-0.2, 0) is 20.8 Å². The van der Waals surface area contributed by atoms with E-state index in [1.165, 1.54) is 0 Å². The zero-order chi connectivity index (χ0) is 13.5. The van der Waals surface area contributed by atoms with Gasteiger partial charge in [-0.2, -0.15) is 0 Å². The van der Waals surface area contributed by atoms with Crippen LogP contribution in [0.5, 0.6) is 0 Å². The minimum absolute atomic E-state index is 0.0603. The van der Waals surface area contributed by atoms with Gasteiger partial charge in [0.25, 0.3) is 0 Å². The lowest BCUT2D eigenvalue weighted by atomic mass is 10.0. The summed E-state index contributed by atoms with van der Waals surface area (Å²) in [6.45, 7) is 0. The average molecular weight is 287 g/mol. The first-order valence-corrected chi connectivity index (χ1v) is 6.23. The van der Waals surface area contributed by atoms with Gasteiger partial charge < -0.3 is 0 Å². The molecule has 0 bridgehead atoms. The van der Waals surface area contributed by atoms with E-state index < -0.39 is 16.8 Å². The molecule has 5 heteroatoms. The van der Waals surface area contributed by atoms with E-state index in [1.54, 1.807) is 24.3 Å². The zero-order valence-corrected chi connectivity index (χ0v) is 11.1. The Balaban J connectivity index is 2.42. The quantitative estimate of drug-likeness (QED) is 0.572. The number of halogens is 2. The van der Waals surface area contributed by atoms with Crippen molar-refractivity contribution in [3.05, 3.63) is 34.9 Å². The molecule has 1 aromatic rings. The summed E-state index contributed by atoms with van der Waals surface area (Å²) >= 11 is 10.9. The van der Waals surface area contributed by atoms with Crippen LogP contribution < -0.4 is 0 Å². The van der Waals surface area contributed by atoms with Crippen LogP contribution in [0, 0.1) is 0 Å². The number of Topliss-reactive ketones (excluding diaryl/α,β-unsaturated/α-hetero) is 2. The molecule has 0 amide bonds. The molecule has 0 aliphatic heterocycles. The van der Waals surface area contributed by atoms with Gasteiger partial charge >= 0.3 is 0 Å². The van der Waals surface area contributed by atoms with Gasteiger partial charge in [0.15, 0.2) is 5.78 Å². The van der Waals surface area contributed by atoms with E-state index in [1.807, 2.05) is 0 Å². The van der Waals surface area contributed by atoms with Crippen molar-refractivity contribution in [1.29, 1.82) is 0 Å². The van der Waals surface area contributed by atoms with Gasteiger partial charge in [-0.1, -0.05) is 23.7 Å². The van der Waals surface area contributed by atoms with Gasteiger partial charge in [0, 0.05) is 24.3 Å². The molecule has 0 fully saturated rings. The number of ketones is 2. The lowest BCUT2D eigenvalue weighted by molar-refractivity contribution is -0.136. The molecule has 1 rings (SSSR count). The molecule has 0 saturated carbocycles. The molecule has 0 radical (unpaired) electrons. The molecule has 0 aliphatic rings. The van der Waals surface area contributed by atoms with Crippen molar-refractivity contribution < 1.29 is 14.4 Å². The second-order valence-electron chi connectivity index (χ2n) is 3.86. The Morgan fingerprint density at radius 2 is 1.56 bits per heavy atom. The van der Waals surface area contributed by atoms with E-state index in [2.05, 4.69) is 0 Å². The summed E-state index contributed by atoms with van der Waals surface area (Å²) in [6, 6.07) is 6.74. The molecule has 0 aliphatic carbocycles. The zero-order valence-electron chi connectivity index (χ0n) is 9.62. The van der Waals surface area contributed by atoms with Gasteiger partial charge in [0.1, 0.15) is 0 Å². The molecule has 0 unspecified atom stereocenters. The van der Waals surface area contributed by atoms with Crippen LogP contribution in [0.3, 0.4) is 0 Å². The first-order valence-electron chi connectivity index (χ1n) is 5.48. The van der Waals surface area contributed by atoms with Crippen LogP contribution in [0.2, 0.25) is 5.02 Å². The highest BCUT2D eigenvalue weighted by atomic mass is 35.5. The monoisotopic (exact) mass is 286 g/mol. The molecule has 0 N–H and O–H groups in total. The third kappa shape index (κ3) is 5.43. The van der Waals surface area contributed by atoms with E-state index in [0.717, 1.165) is 5.56 Å². The van der Waals surface area contributed by atoms with Crippen molar-refractivity contribution in [1.82, 2.24) is 0 Å². The van der Waals surface area contributed by atoms with E-state index >= 15 is 0 Å². The smallest absolute Gasteiger partial charge is 0.221 e. The van der Waals surface area contributed by atoms with Gasteiger partial charge in [-0.05, 0) is 35.7 Å². The molecule has 96 valence electrons. The van der Waals surface area contributed by atoms with Crippen molar-refractivity contribution in [3.8, 4) is 0 Å². The Morgan fingerprint density at radius 1 is 0.944 bits per heavy atom. The summed E-state index contributed by atoms with van der Waals surface area (Å²) < 4.78 is 0. The molecule has 18 heavy (non-hydrogen) atoms. The van der Waals surface area contributed by atoms with E-state index in [9.17, 15) is 14.4 Å². The first-order chi connectivity index (χ1) is 8.49. The maximum Gasteiger partial charge on any atom is 0.221 e. The maximum atomic E-state index is 11.6. The Morgan fingerprint density at radius 3 is 2.11 bits per heavy atom. The Hall–Kier alpha value is -1.19. The fourth-order valence-corrected chi connectivity index (χ4v) is 1.67. The highest BCUT2D eigenvalue weighted by Gasteiger charge is 2.14. The van der Waals surface area contributed by atoms with Crippen LogP contribution in [-0.4, -0.2) is 16.8 Å². The topological polar surface area (TPSA) is 51.2 Å². The third-order valence-corrected chi connectivity index (χ3v) is 2.81. The van der Waals surface area contributed by atoms with Crippen LogP contribution in [0.4, 0.5) is 0 Å². The van der Waals surface area contributed by atoms with Crippen LogP contribution in [0.15, 0.2) is 24.3 Å². The van der Waals surface area contributed by atoms with Crippen molar-refractivity contribution in [3.63, 3.8) is 0 Å². The lowest BCUT2D eigenvalue weighted by Gasteiger charge is -2.00. The van der Waals surface area contributed by atoms with Crippen LogP contribution in [0.1, 0.15) is 24.8 Å². The van der Waals surface area contributed by atoms with Gasteiger partial charge in [0.2, 0.25) is 11.0 Å². The molecule has 0 aromatic heterocycles.